The van der Waals surface area contributed by atoms with E-state index in [-0.39, 0.29) is 0 Å². The van der Waals surface area contributed by atoms with Crippen LogP contribution in [0.4, 0.5) is 5.82 Å². The van der Waals surface area contributed by atoms with Crippen LogP contribution in [-0.4, -0.2) is 34.2 Å². The fourth-order valence-electron chi connectivity index (χ4n) is 2.82. The van der Waals surface area contributed by atoms with Gasteiger partial charge in [-0.15, -0.1) is 11.3 Å². The number of hydrogen-bond donors (Lipinski definition) is 1. The molecule has 4 rings (SSSR count). The van der Waals surface area contributed by atoms with Gasteiger partial charge in [0.2, 0.25) is 0 Å². The van der Waals surface area contributed by atoms with Crippen molar-refractivity contribution < 1.29 is 4.74 Å². The van der Waals surface area contributed by atoms with E-state index in [0.717, 1.165) is 41.3 Å². The van der Waals surface area contributed by atoms with E-state index in [9.17, 15) is 0 Å². The Kier molecular flexibility index (Phi) is 4.17. The molecule has 5 nitrogen and oxygen atoms in total. The molecule has 3 aromatic heterocycles. The van der Waals surface area contributed by atoms with Gasteiger partial charge in [0.1, 0.15) is 16.3 Å². The molecule has 0 aromatic carbocycles. The summed E-state index contributed by atoms with van der Waals surface area (Å²) in [5.74, 6) is 1.55. The summed E-state index contributed by atoms with van der Waals surface area (Å²) in [5.41, 5.74) is 0.796. The largest absolute Gasteiger partial charge is 0.378 e. The van der Waals surface area contributed by atoms with Crippen molar-refractivity contribution in [2.75, 3.05) is 18.5 Å². The zero-order valence-corrected chi connectivity index (χ0v) is 13.6. The minimum absolute atomic E-state index is 0.387. The first-order chi connectivity index (χ1) is 11.4. The second-order valence-corrected chi connectivity index (χ2v) is 6.50. The van der Waals surface area contributed by atoms with Crippen LogP contribution in [0.3, 0.4) is 0 Å². The normalized spacial score (nSPS) is 17.7. The molecule has 0 spiro atoms. The van der Waals surface area contributed by atoms with Crippen LogP contribution in [-0.2, 0) is 4.74 Å². The summed E-state index contributed by atoms with van der Waals surface area (Å²) in [5, 5.41) is 6.58. The van der Waals surface area contributed by atoms with Gasteiger partial charge in [-0.25, -0.2) is 9.97 Å². The van der Waals surface area contributed by atoms with Crippen LogP contribution >= 0.6 is 11.3 Å². The van der Waals surface area contributed by atoms with E-state index in [4.69, 9.17) is 4.74 Å². The third-order valence-electron chi connectivity index (χ3n) is 4.00. The van der Waals surface area contributed by atoms with Crippen molar-refractivity contribution in [3.8, 4) is 11.5 Å². The summed E-state index contributed by atoms with van der Waals surface area (Å²) in [7, 11) is 0. The van der Waals surface area contributed by atoms with Crippen molar-refractivity contribution in [2.45, 2.75) is 25.4 Å². The Bertz CT molecular complexity index is 784. The van der Waals surface area contributed by atoms with Crippen LogP contribution in [0.5, 0.6) is 0 Å². The van der Waals surface area contributed by atoms with Crippen LogP contribution in [0.15, 0.2) is 35.8 Å². The Labute approximate surface area is 138 Å². The average molecular weight is 326 g/mol. The number of hydrogen-bond acceptors (Lipinski definition) is 6. The molecule has 1 aliphatic heterocycles. The van der Waals surface area contributed by atoms with E-state index >= 15 is 0 Å². The van der Waals surface area contributed by atoms with Gasteiger partial charge in [-0.1, -0.05) is 6.07 Å². The van der Waals surface area contributed by atoms with Gasteiger partial charge in [0.15, 0.2) is 5.82 Å². The average Bonchev–Trinajstić information content (AvgIpc) is 3.26. The molecule has 3 aromatic rings. The van der Waals surface area contributed by atoms with Crippen LogP contribution in [0, 0.1) is 0 Å². The lowest BCUT2D eigenvalue weighted by Gasteiger charge is -2.12. The molecule has 0 aliphatic carbocycles. The SMILES string of the molecule is c1ccc(-c2nc(NCCC3CCCO3)c3ccsc3n2)nc1. The third-order valence-corrected chi connectivity index (χ3v) is 4.81. The standard InChI is InChI=1S/C17H18N4OS/c1-2-8-18-14(5-1)16-20-15(13-7-11-23-17(13)21-16)19-9-6-12-4-3-10-22-12/h1-2,5,7-8,11-12H,3-4,6,9-10H2,(H,19,20,21). The summed E-state index contributed by atoms with van der Waals surface area (Å²) < 4.78 is 5.68. The van der Waals surface area contributed by atoms with Gasteiger partial charge in [0.05, 0.1) is 11.5 Å². The number of nitrogens with zero attached hydrogens (tertiary/aromatic N) is 3. The highest BCUT2D eigenvalue weighted by Crippen LogP contribution is 2.28. The van der Waals surface area contributed by atoms with Gasteiger partial charge in [0.25, 0.3) is 0 Å². The minimum atomic E-state index is 0.387. The number of thiophene rings is 1. The Hall–Kier alpha value is -2.05. The maximum Gasteiger partial charge on any atom is 0.181 e. The van der Waals surface area contributed by atoms with E-state index in [0.29, 0.717) is 11.9 Å². The van der Waals surface area contributed by atoms with Crippen LogP contribution in [0.2, 0.25) is 0 Å². The summed E-state index contributed by atoms with van der Waals surface area (Å²) >= 11 is 1.63. The van der Waals surface area contributed by atoms with Crippen molar-refractivity contribution >= 4 is 27.4 Å². The number of aromatic nitrogens is 3. The second-order valence-electron chi connectivity index (χ2n) is 5.60. The molecule has 1 saturated heterocycles. The number of nitrogens with one attached hydrogen (secondary N) is 1. The number of fused-ring (bicyclic) bond motifs is 1. The van der Waals surface area contributed by atoms with Gasteiger partial charge in [-0.2, -0.15) is 0 Å². The molecule has 1 atom stereocenters. The number of pyridine rings is 1. The monoisotopic (exact) mass is 326 g/mol. The first-order valence-electron chi connectivity index (χ1n) is 7.92. The van der Waals surface area contributed by atoms with E-state index in [1.54, 1.807) is 17.5 Å². The zero-order valence-electron chi connectivity index (χ0n) is 12.7. The van der Waals surface area contributed by atoms with Crippen LogP contribution < -0.4 is 5.32 Å². The summed E-state index contributed by atoms with van der Waals surface area (Å²) in [6.07, 6.45) is 5.50. The van der Waals surface area contributed by atoms with E-state index in [1.807, 2.05) is 23.6 Å². The Morgan fingerprint density at radius 1 is 1.26 bits per heavy atom. The van der Waals surface area contributed by atoms with Gasteiger partial charge >= 0.3 is 0 Å². The van der Waals surface area contributed by atoms with Gasteiger partial charge < -0.3 is 10.1 Å². The van der Waals surface area contributed by atoms with Crippen molar-refractivity contribution in [1.82, 2.24) is 15.0 Å². The fourth-order valence-corrected chi connectivity index (χ4v) is 3.59. The molecule has 1 N–H and O–H groups in total. The topological polar surface area (TPSA) is 59.9 Å². The van der Waals surface area contributed by atoms with Gasteiger partial charge in [-0.05, 0) is 42.8 Å². The van der Waals surface area contributed by atoms with Crippen LogP contribution in [0.1, 0.15) is 19.3 Å². The highest BCUT2D eigenvalue weighted by molar-refractivity contribution is 7.16. The number of anilines is 1. The number of ether oxygens (including phenoxy) is 1. The van der Waals surface area contributed by atoms with E-state index in [2.05, 4.69) is 26.3 Å². The fraction of sp³-hybridized carbons (Fsp3) is 0.353. The molecular formula is C17H18N4OS. The zero-order chi connectivity index (χ0) is 15.5. The summed E-state index contributed by atoms with van der Waals surface area (Å²) in [6, 6.07) is 7.85. The lowest BCUT2D eigenvalue weighted by molar-refractivity contribution is 0.107. The first-order valence-corrected chi connectivity index (χ1v) is 8.80. The smallest absolute Gasteiger partial charge is 0.181 e. The molecule has 1 unspecified atom stereocenters. The summed E-state index contributed by atoms with van der Waals surface area (Å²) in [4.78, 5) is 14.7. The molecule has 0 radical (unpaired) electrons. The molecule has 23 heavy (non-hydrogen) atoms. The molecule has 0 amide bonds. The van der Waals surface area contributed by atoms with Crippen molar-refractivity contribution in [3.05, 3.63) is 35.8 Å². The van der Waals surface area contributed by atoms with E-state index < -0.39 is 0 Å². The molecular weight excluding hydrogens is 308 g/mol. The molecule has 118 valence electrons. The third kappa shape index (κ3) is 3.18. The second kappa shape index (κ2) is 6.60. The Morgan fingerprint density at radius 3 is 3.09 bits per heavy atom. The number of rotatable bonds is 5. The van der Waals surface area contributed by atoms with Crippen molar-refractivity contribution in [2.24, 2.45) is 0 Å². The molecule has 4 heterocycles. The lowest BCUT2D eigenvalue weighted by Crippen LogP contribution is -2.13. The molecule has 0 saturated carbocycles. The van der Waals surface area contributed by atoms with Gasteiger partial charge in [0, 0.05) is 19.3 Å². The highest BCUT2D eigenvalue weighted by Gasteiger charge is 2.16. The van der Waals surface area contributed by atoms with Crippen molar-refractivity contribution in [1.29, 1.82) is 0 Å². The Morgan fingerprint density at radius 2 is 2.26 bits per heavy atom. The maximum absolute atomic E-state index is 5.68. The predicted octanol–water partition coefficient (Wildman–Crippen LogP) is 3.73. The van der Waals surface area contributed by atoms with E-state index in [1.165, 1.54) is 12.8 Å². The van der Waals surface area contributed by atoms with Crippen molar-refractivity contribution in [3.63, 3.8) is 0 Å². The lowest BCUT2D eigenvalue weighted by atomic mass is 10.2. The van der Waals surface area contributed by atoms with Gasteiger partial charge in [-0.3, -0.25) is 4.98 Å². The Balaban J connectivity index is 1.58. The molecule has 1 fully saturated rings. The quantitative estimate of drug-likeness (QED) is 0.774. The molecule has 1 aliphatic rings. The molecule has 6 heteroatoms. The van der Waals surface area contributed by atoms with Crippen LogP contribution in [0.25, 0.3) is 21.7 Å². The maximum atomic E-state index is 5.68. The molecule has 0 bridgehead atoms. The summed E-state index contributed by atoms with van der Waals surface area (Å²) in [6.45, 7) is 1.76. The first kappa shape index (κ1) is 14.5. The predicted molar refractivity (Wildman–Crippen MR) is 92.7 cm³/mol. The highest BCUT2D eigenvalue weighted by atomic mass is 32.1. The minimum Gasteiger partial charge on any atom is -0.378 e.